The van der Waals surface area contributed by atoms with Crippen LogP contribution >= 0.6 is 0 Å². The summed E-state index contributed by atoms with van der Waals surface area (Å²) in [7, 11) is 0. The van der Waals surface area contributed by atoms with Crippen LogP contribution in [-0.2, 0) is 14.4 Å². The van der Waals surface area contributed by atoms with E-state index in [2.05, 4.69) is 22.8 Å². The van der Waals surface area contributed by atoms with Gasteiger partial charge in [0.2, 0.25) is 17.7 Å². The van der Waals surface area contributed by atoms with E-state index in [4.69, 9.17) is 5.73 Å². The molecule has 1 saturated heterocycles. The van der Waals surface area contributed by atoms with Gasteiger partial charge in [0, 0.05) is 6.54 Å². The Kier molecular flexibility index (Phi) is 6.51. The van der Waals surface area contributed by atoms with Gasteiger partial charge in [-0.1, -0.05) is 62.4 Å². The summed E-state index contributed by atoms with van der Waals surface area (Å²) in [5.74, 6) is -0.901. The zero-order chi connectivity index (χ0) is 23.7. The minimum atomic E-state index is -0.718. The van der Waals surface area contributed by atoms with Crippen molar-refractivity contribution < 1.29 is 14.4 Å². The van der Waals surface area contributed by atoms with Crippen LogP contribution in [0.25, 0.3) is 11.1 Å². The van der Waals surface area contributed by atoms with E-state index in [-0.39, 0.29) is 29.7 Å². The van der Waals surface area contributed by atoms with Crippen molar-refractivity contribution in [1.82, 2.24) is 15.5 Å². The van der Waals surface area contributed by atoms with E-state index in [1.807, 2.05) is 50.2 Å². The third kappa shape index (κ3) is 4.37. The molecule has 1 aliphatic carbocycles. The van der Waals surface area contributed by atoms with E-state index >= 15 is 0 Å². The van der Waals surface area contributed by atoms with Crippen LogP contribution < -0.4 is 16.4 Å². The van der Waals surface area contributed by atoms with Crippen LogP contribution in [0.1, 0.15) is 50.8 Å². The predicted octanol–water partition coefficient (Wildman–Crippen LogP) is 2.35. The van der Waals surface area contributed by atoms with Crippen molar-refractivity contribution in [2.75, 3.05) is 6.54 Å². The number of hydrogen-bond donors (Lipinski definition) is 3. The van der Waals surface area contributed by atoms with Gasteiger partial charge in [-0.05, 0) is 47.9 Å². The average molecular weight is 449 g/mol. The summed E-state index contributed by atoms with van der Waals surface area (Å²) in [6.07, 6.45) is 1.34. The first-order chi connectivity index (χ1) is 15.8. The van der Waals surface area contributed by atoms with Gasteiger partial charge in [-0.25, -0.2) is 0 Å². The number of likely N-dealkylation sites (tertiary alicyclic amines) is 1. The third-order valence-corrected chi connectivity index (χ3v) is 6.60. The number of hydrogen-bond acceptors (Lipinski definition) is 4. The fraction of sp³-hybridized carbons (Fsp3) is 0.423. The number of carbonyl (C=O) groups excluding carboxylic acids is 3. The average Bonchev–Trinajstić information content (AvgIpc) is 3.41. The van der Waals surface area contributed by atoms with Gasteiger partial charge in [0.1, 0.15) is 12.1 Å². The molecule has 0 spiro atoms. The molecule has 2 aliphatic rings. The topological polar surface area (TPSA) is 105 Å². The van der Waals surface area contributed by atoms with Crippen LogP contribution in [0, 0.1) is 5.92 Å². The molecule has 7 nitrogen and oxygen atoms in total. The molecular weight excluding hydrogens is 416 g/mol. The highest BCUT2D eigenvalue weighted by molar-refractivity contribution is 5.94. The van der Waals surface area contributed by atoms with Gasteiger partial charge in [0.15, 0.2) is 0 Å². The predicted molar refractivity (Wildman–Crippen MR) is 127 cm³/mol. The van der Waals surface area contributed by atoms with Crippen molar-refractivity contribution in [2.24, 2.45) is 11.7 Å². The maximum absolute atomic E-state index is 13.4. The fourth-order valence-electron chi connectivity index (χ4n) is 4.83. The van der Waals surface area contributed by atoms with E-state index in [9.17, 15) is 14.4 Å². The highest BCUT2D eigenvalue weighted by Gasteiger charge is 2.40. The lowest BCUT2D eigenvalue weighted by Gasteiger charge is -2.31. The highest BCUT2D eigenvalue weighted by atomic mass is 16.2. The number of fused-ring (bicyclic) bond motifs is 3. The first-order valence-electron chi connectivity index (χ1n) is 11.6. The van der Waals surface area contributed by atoms with Gasteiger partial charge in [-0.2, -0.15) is 0 Å². The van der Waals surface area contributed by atoms with Crippen LogP contribution in [0.3, 0.4) is 0 Å². The van der Waals surface area contributed by atoms with Gasteiger partial charge < -0.3 is 21.3 Å². The highest BCUT2D eigenvalue weighted by Crippen LogP contribution is 2.43. The van der Waals surface area contributed by atoms with E-state index in [0.717, 1.165) is 28.7 Å². The number of nitrogens with one attached hydrogen (secondary N) is 2. The number of benzene rings is 2. The molecule has 0 unspecified atom stereocenters. The summed E-state index contributed by atoms with van der Waals surface area (Å²) >= 11 is 0. The van der Waals surface area contributed by atoms with Gasteiger partial charge in [-0.15, -0.1) is 0 Å². The Labute approximate surface area is 194 Å². The van der Waals surface area contributed by atoms with Crippen molar-refractivity contribution in [3.05, 3.63) is 59.7 Å². The first-order valence-corrected chi connectivity index (χ1v) is 11.6. The van der Waals surface area contributed by atoms with Gasteiger partial charge in [0.05, 0.1) is 12.1 Å². The van der Waals surface area contributed by atoms with Crippen molar-refractivity contribution in [1.29, 1.82) is 0 Å². The van der Waals surface area contributed by atoms with E-state index in [1.54, 1.807) is 11.8 Å². The van der Waals surface area contributed by atoms with Crippen LogP contribution in [0.2, 0.25) is 0 Å². The smallest absolute Gasteiger partial charge is 0.246 e. The quantitative estimate of drug-likeness (QED) is 0.631. The normalized spacial score (nSPS) is 19.1. The molecule has 1 heterocycles. The Morgan fingerprint density at radius 3 is 2.09 bits per heavy atom. The summed E-state index contributed by atoms with van der Waals surface area (Å²) in [6, 6.07) is 13.9. The van der Waals surface area contributed by atoms with Crippen LogP contribution in [0.5, 0.6) is 0 Å². The second-order valence-electron chi connectivity index (χ2n) is 9.32. The Balaban J connectivity index is 1.54. The number of amides is 3. The van der Waals surface area contributed by atoms with Crippen molar-refractivity contribution in [3.63, 3.8) is 0 Å². The van der Waals surface area contributed by atoms with Crippen molar-refractivity contribution in [2.45, 2.75) is 57.8 Å². The van der Waals surface area contributed by atoms with Crippen molar-refractivity contribution >= 4 is 17.7 Å². The molecule has 1 aliphatic heterocycles. The fourth-order valence-corrected chi connectivity index (χ4v) is 4.83. The molecule has 0 radical (unpaired) electrons. The third-order valence-electron chi connectivity index (χ3n) is 6.60. The molecule has 1 fully saturated rings. The molecule has 4 N–H and O–H groups in total. The Hall–Kier alpha value is -3.19. The molecule has 7 heteroatoms. The number of rotatable bonds is 6. The minimum absolute atomic E-state index is 0.127. The molecule has 2 aromatic rings. The van der Waals surface area contributed by atoms with Crippen LogP contribution in [0.15, 0.2) is 48.5 Å². The standard InChI is InChI=1S/C26H32N4O3/c1-15(2)22(28-24(31)16(3)27)26(33)30-14-8-13-21(30)25(32)29-23-19-11-6-4-9-17(19)18-10-5-7-12-20(18)23/h4-7,9-12,15-16,21-23H,8,13-14,27H2,1-3H3,(H,28,31)(H,29,32)/t16-,21-,22-/m0/s1. The largest absolute Gasteiger partial charge is 0.343 e. The van der Waals surface area contributed by atoms with Crippen LogP contribution in [0.4, 0.5) is 0 Å². The monoisotopic (exact) mass is 448 g/mol. The van der Waals surface area contributed by atoms with Gasteiger partial charge >= 0.3 is 0 Å². The Morgan fingerprint density at radius 1 is 0.970 bits per heavy atom. The SMILES string of the molecule is CC(C)[C@H](NC(=O)[C@H](C)N)C(=O)N1CCC[C@H]1C(=O)NC1c2ccccc2-c2ccccc21. The summed E-state index contributed by atoms with van der Waals surface area (Å²) in [6.45, 7) is 5.83. The van der Waals surface area contributed by atoms with Crippen molar-refractivity contribution in [3.8, 4) is 11.1 Å². The zero-order valence-corrected chi connectivity index (χ0v) is 19.4. The van der Waals surface area contributed by atoms with Gasteiger partial charge in [-0.3, -0.25) is 14.4 Å². The zero-order valence-electron chi connectivity index (χ0n) is 19.4. The molecule has 33 heavy (non-hydrogen) atoms. The lowest BCUT2D eigenvalue weighted by atomic mass is 10.0. The second kappa shape index (κ2) is 9.35. The molecule has 0 saturated carbocycles. The minimum Gasteiger partial charge on any atom is -0.343 e. The summed E-state index contributed by atoms with van der Waals surface area (Å²) in [5, 5.41) is 5.97. The number of carbonyl (C=O) groups is 3. The maximum Gasteiger partial charge on any atom is 0.246 e. The molecule has 3 amide bonds. The molecule has 4 rings (SSSR count). The first kappa shape index (κ1) is 23.0. The number of nitrogens with zero attached hydrogens (tertiary/aromatic N) is 1. The van der Waals surface area contributed by atoms with Crippen LogP contribution in [-0.4, -0.2) is 47.3 Å². The Bertz CT molecular complexity index is 1020. The number of nitrogens with two attached hydrogens (primary N) is 1. The molecule has 0 aromatic heterocycles. The Morgan fingerprint density at radius 2 is 1.55 bits per heavy atom. The van der Waals surface area contributed by atoms with Gasteiger partial charge in [0.25, 0.3) is 0 Å². The van der Waals surface area contributed by atoms with E-state index < -0.39 is 18.1 Å². The van der Waals surface area contributed by atoms with E-state index in [1.165, 1.54) is 0 Å². The molecule has 0 bridgehead atoms. The summed E-state index contributed by atoms with van der Waals surface area (Å²) < 4.78 is 0. The summed E-state index contributed by atoms with van der Waals surface area (Å²) in [4.78, 5) is 40.6. The second-order valence-corrected chi connectivity index (χ2v) is 9.32. The molecule has 174 valence electrons. The molecule has 3 atom stereocenters. The van der Waals surface area contributed by atoms with E-state index in [0.29, 0.717) is 13.0 Å². The molecule has 2 aromatic carbocycles. The lowest BCUT2D eigenvalue weighted by Crippen LogP contribution is -2.57. The summed E-state index contributed by atoms with van der Waals surface area (Å²) in [5.41, 5.74) is 10.0. The molecular formula is C26H32N4O3. The lowest BCUT2D eigenvalue weighted by molar-refractivity contribution is -0.142. The maximum atomic E-state index is 13.4.